The average Bonchev–Trinajstić information content (AvgIpc) is 3.28. The number of esters is 3. The molecule has 0 unspecified atom stereocenters. The van der Waals surface area contributed by atoms with Gasteiger partial charge in [0.2, 0.25) is 5.91 Å². The number of benzene rings is 3. The standard InChI is InChI=1S/C43H49Cl6N4O10P.BrH/c44-37(45)40(58)50-23-20-34(55)61-27-43(28-62-35(56)21-24-51-41(59)38(46)47,29-63-36(57)22-25-52-42(60)39(48)49)53-33(54)19-11-4-12-26-64(30-13-5-1-6-14-30,31-15-7-2-8-16-31)32-17-9-3-10-18-32;/h1-3,5-10,13-18,37-39H,4,11-12,19-29H2,(H3-,50,51,52,53,54,58,59,60);1H. The number of rotatable bonds is 28. The molecule has 0 saturated heterocycles. The van der Waals surface area contributed by atoms with Gasteiger partial charge in [-0.2, -0.15) is 0 Å². The van der Waals surface area contributed by atoms with Crippen molar-refractivity contribution in [2.75, 3.05) is 45.6 Å². The predicted octanol–water partition coefficient (Wildman–Crippen LogP) is 1.96. The van der Waals surface area contributed by atoms with E-state index in [-0.39, 0.29) is 62.3 Å². The third kappa shape index (κ3) is 20.6. The number of unbranched alkanes of at least 4 members (excludes halogenated alkanes) is 2. The fraction of sp³-hybridized carbons (Fsp3) is 0.419. The summed E-state index contributed by atoms with van der Waals surface area (Å²) in [6, 6.07) is 31.2. The maximum absolute atomic E-state index is 13.8. The fourth-order valence-corrected chi connectivity index (χ4v) is 11.1. The Labute approximate surface area is 419 Å². The van der Waals surface area contributed by atoms with Crippen molar-refractivity contribution in [3.05, 3.63) is 91.0 Å². The summed E-state index contributed by atoms with van der Waals surface area (Å²) in [5.74, 6) is -5.30. The van der Waals surface area contributed by atoms with Crippen LogP contribution in [0.4, 0.5) is 0 Å². The van der Waals surface area contributed by atoms with Gasteiger partial charge < -0.3 is 52.5 Å². The Hall–Kier alpha value is -3.40. The number of amides is 4. The first-order valence-corrected chi connectivity index (χ1v) is 24.7. The average molecular weight is 1110 g/mol. The van der Waals surface area contributed by atoms with E-state index in [1.807, 2.05) is 54.6 Å². The molecule has 0 bridgehead atoms. The number of ether oxygens (including phenoxy) is 3. The molecule has 0 fully saturated rings. The van der Waals surface area contributed by atoms with Crippen LogP contribution in [0.3, 0.4) is 0 Å². The summed E-state index contributed by atoms with van der Waals surface area (Å²) in [6.07, 6.45) is 1.62. The highest BCUT2D eigenvalue weighted by molar-refractivity contribution is 7.95. The largest absolute Gasteiger partial charge is 1.00 e. The van der Waals surface area contributed by atoms with Gasteiger partial charge in [0.05, 0.1) is 25.4 Å². The van der Waals surface area contributed by atoms with Crippen LogP contribution in [0.1, 0.15) is 44.9 Å². The number of carbonyl (C=O) groups excluding carboxylic acids is 7. The normalized spacial score (nSPS) is 11.3. The smallest absolute Gasteiger partial charge is 0.307 e. The molecule has 4 amide bonds. The molecule has 0 aliphatic rings. The Morgan fingerprint density at radius 1 is 0.477 bits per heavy atom. The zero-order valence-electron chi connectivity index (χ0n) is 35.0. The molecular formula is C43H50BrCl6N4O10P. The van der Waals surface area contributed by atoms with Crippen LogP contribution < -0.4 is 54.2 Å². The van der Waals surface area contributed by atoms with E-state index >= 15 is 0 Å². The summed E-state index contributed by atoms with van der Waals surface area (Å²) in [7, 11) is -2.12. The minimum Gasteiger partial charge on any atom is -1.00 e. The summed E-state index contributed by atoms with van der Waals surface area (Å²) >= 11 is 33.3. The maximum Gasteiger partial charge on any atom is 0.307 e. The molecule has 0 radical (unpaired) electrons. The first-order chi connectivity index (χ1) is 30.6. The van der Waals surface area contributed by atoms with Gasteiger partial charge in [0.25, 0.3) is 17.7 Å². The van der Waals surface area contributed by atoms with E-state index in [1.165, 1.54) is 15.9 Å². The second-order valence-electron chi connectivity index (χ2n) is 14.2. The SMILES string of the molecule is O=C(CCCCC[P+](c1ccccc1)(c1ccccc1)c1ccccc1)NC(COC(=O)CCNC(=O)C(Cl)Cl)(COC(=O)CCNC(=O)C(Cl)Cl)COC(=O)CCNC(=O)C(Cl)Cl.[Br-]. The van der Waals surface area contributed by atoms with Crippen LogP contribution in [0, 0.1) is 0 Å². The quantitative estimate of drug-likeness (QED) is 0.0275. The zero-order chi connectivity index (χ0) is 47.0. The molecule has 0 saturated carbocycles. The van der Waals surface area contributed by atoms with E-state index in [0.717, 1.165) is 12.6 Å². The highest BCUT2D eigenvalue weighted by atomic mass is 79.9. The van der Waals surface area contributed by atoms with Gasteiger partial charge in [0.1, 0.15) is 48.5 Å². The molecule has 65 heavy (non-hydrogen) atoms. The third-order valence-corrected chi connectivity index (χ3v) is 15.1. The van der Waals surface area contributed by atoms with Gasteiger partial charge in [-0.15, -0.1) is 0 Å². The van der Waals surface area contributed by atoms with E-state index in [1.54, 1.807) is 0 Å². The van der Waals surface area contributed by atoms with Crippen LogP contribution in [0.2, 0.25) is 0 Å². The molecule has 0 spiro atoms. The summed E-state index contributed by atoms with van der Waals surface area (Å²) < 4.78 is 16.4. The van der Waals surface area contributed by atoms with E-state index in [9.17, 15) is 33.6 Å². The molecule has 0 atom stereocenters. The monoisotopic (exact) mass is 1100 g/mol. The molecule has 0 aliphatic carbocycles. The number of hydrogen-bond donors (Lipinski definition) is 4. The molecule has 14 nitrogen and oxygen atoms in total. The van der Waals surface area contributed by atoms with Gasteiger partial charge in [-0.05, 0) is 55.7 Å². The van der Waals surface area contributed by atoms with Gasteiger partial charge in [0.15, 0.2) is 14.5 Å². The van der Waals surface area contributed by atoms with Crippen LogP contribution >= 0.6 is 76.9 Å². The van der Waals surface area contributed by atoms with Gasteiger partial charge >= 0.3 is 17.9 Å². The zero-order valence-corrected chi connectivity index (χ0v) is 42.0. The Bertz CT molecular complexity index is 1780. The second-order valence-corrected chi connectivity index (χ2v) is 21.1. The van der Waals surface area contributed by atoms with Crippen molar-refractivity contribution in [1.29, 1.82) is 0 Å². The van der Waals surface area contributed by atoms with Crippen LogP contribution in [-0.2, 0) is 47.8 Å². The van der Waals surface area contributed by atoms with Crippen molar-refractivity contribution in [3.63, 3.8) is 0 Å². The number of alkyl halides is 6. The summed E-state index contributed by atoms with van der Waals surface area (Å²) in [6.45, 7) is -2.58. The highest BCUT2D eigenvalue weighted by Gasteiger charge is 2.44. The van der Waals surface area contributed by atoms with Crippen molar-refractivity contribution in [1.82, 2.24) is 21.3 Å². The van der Waals surface area contributed by atoms with Gasteiger partial charge in [-0.3, -0.25) is 33.6 Å². The molecule has 0 heterocycles. The minimum atomic E-state index is -2.12. The Kier molecular flexibility index (Phi) is 27.4. The number of nitrogens with one attached hydrogen (secondary N) is 4. The van der Waals surface area contributed by atoms with Crippen LogP contribution in [0.25, 0.3) is 0 Å². The molecule has 3 aromatic carbocycles. The molecule has 3 aromatic rings. The van der Waals surface area contributed by atoms with Gasteiger partial charge in [0, 0.05) is 26.1 Å². The molecule has 22 heteroatoms. The number of carbonyl (C=O) groups is 7. The van der Waals surface area contributed by atoms with E-state index < -0.39 is 88.7 Å². The maximum atomic E-state index is 13.8. The van der Waals surface area contributed by atoms with E-state index in [4.69, 9.17) is 83.8 Å². The van der Waals surface area contributed by atoms with Crippen LogP contribution in [0.5, 0.6) is 0 Å². The lowest BCUT2D eigenvalue weighted by Crippen LogP contribution is -3.00. The first-order valence-electron chi connectivity index (χ1n) is 20.1. The Morgan fingerprint density at radius 3 is 1.11 bits per heavy atom. The molecule has 0 aromatic heterocycles. The van der Waals surface area contributed by atoms with E-state index in [2.05, 4.69) is 57.7 Å². The van der Waals surface area contributed by atoms with Crippen molar-refractivity contribution in [2.24, 2.45) is 0 Å². The topological polar surface area (TPSA) is 195 Å². The number of halogens is 7. The lowest BCUT2D eigenvalue weighted by atomic mass is 10.0. The molecule has 3 rings (SSSR count). The van der Waals surface area contributed by atoms with Gasteiger partial charge in [-0.1, -0.05) is 124 Å². The Morgan fingerprint density at radius 2 is 0.800 bits per heavy atom. The molecule has 356 valence electrons. The molecular weight excluding hydrogens is 1060 g/mol. The van der Waals surface area contributed by atoms with Crippen molar-refractivity contribution >= 4 is 134 Å². The lowest BCUT2D eigenvalue weighted by molar-refractivity contribution is -0.159. The summed E-state index contributed by atoms with van der Waals surface area (Å²) in [5, 5.41) is 13.5. The highest BCUT2D eigenvalue weighted by Crippen LogP contribution is 2.56. The Balaban J connectivity index is 0.0000145. The van der Waals surface area contributed by atoms with Crippen molar-refractivity contribution in [2.45, 2.75) is 65.0 Å². The van der Waals surface area contributed by atoms with Crippen LogP contribution in [-0.4, -0.2) is 107 Å². The van der Waals surface area contributed by atoms with Crippen molar-refractivity contribution in [3.8, 4) is 0 Å². The van der Waals surface area contributed by atoms with E-state index in [0.29, 0.717) is 12.8 Å². The predicted molar refractivity (Wildman–Crippen MR) is 252 cm³/mol. The fourth-order valence-electron chi connectivity index (χ4n) is 6.25. The summed E-state index contributed by atoms with van der Waals surface area (Å²) in [5.41, 5.74) is -1.84. The lowest BCUT2D eigenvalue weighted by Gasteiger charge is -2.33. The van der Waals surface area contributed by atoms with Crippen molar-refractivity contribution < 1.29 is 64.8 Å². The molecule has 4 N–H and O–H groups in total. The number of hydrogen-bond acceptors (Lipinski definition) is 10. The first kappa shape index (κ1) is 57.7. The molecule has 0 aliphatic heterocycles. The minimum absolute atomic E-state index is 0. The summed E-state index contributed by atoms with van der Waals surface area (Å²) in [4.78, 5) is 83.6. The van der Waals surface area contributed by atoms with Crippen LogP contribution in [0.15, 0.2) is 91.0 Å². The third-order valence-electron chi connectivity index (χ3n) is 9.40. The second kappa shape index (κ2) is 30.8. The van der Waals surface area contributed by atoms with Gasteiger partial charge in [-0.25, -0.2) is 0 Å².